The standard InChI is InChI=1S/C13H21NO4S2/c1-2-18-12-4-6-13(7-5-12)20(16,17)14-8-11-19-10-3-9-15/h4-7,14-15H,2-3,8-11H2,1H3. The maximum absolute atomic E-state index is 12.0. The smallest absolute Gasteiger partial charge is 0.240 e. The molecule has 0 amide bonds. The lowest BCUT2D eigenvalue weighted by Gasteiger charge is -2.08. The number of thioether (sulfide) groups is 1. The van der Waals surface area contributed by atoms with Gasteiger partial charge >= 0.3 is 0 Å². The Kier molecular flexibility index (Phi) is 7.98. The fraction of sp³-hybridized carbons (Fsp3) is 0.538. The molecule has 0 unspecified atom stereocenters. The van der Waals surface area contributed by atoms with Crippen LogP contribution in [0.5, 0.6) is 5.75 Å². The second-order valence-corrected chi connectivity index (χ2v) is 6.98. The van der Waals surface area contributed by atoms with Crippen LogP contribution in [0, 0.1) is 0 Å². The van der Waals surface area contributed by atoms with Gasteiger partial charge < -0.3 is 9.84 Å². The van der Waals surface area contributed by atoms with E-state index in [0.29, 0.717) is 24.7 Å². The van der Waals surface area contributed by atoms with Crippen molar-refractivity contribution in [2.24, 2.45) is 0 Å². The van der Waals surface area contributed by atoms with Gasteiger partial charge in [-0.25, -0.2) is 13.1 Å². The molecule has 0 spiro atoms. The number of nitrogens with one attached hydrogen (secondary N) is 1. The SMILES string of the molecule is CCOc1ccc(S(=O)(=O)NCCSCCCO)cc1. The molecule has 0 bridgehead atoms. The molecule has 20 heavy (non-hydrogen) atoms. The highest BCUT2D eigenvalue weighted by Gasteiger charge is 2.12. The van der Waals surface area contributed by atoms with Crippen molar-refractivity contribution >= 4 is 21.8 Å². The number of hydrogen-bond donors (Lipinski definition) is 2. The number of aliphatic hydroxyl groups is 1. The molecule has 0 saturated heterocycles. The average Bonchev–Trinajstić information content (AvgIpc) is 2.44. The van der Waals surface area contributed by atoms with Gasteiger partial charge in [-0.15, -0.1) is 0 Å². The van der Waals surface area contributed by atoms with Gasteiger partial charge in [0, 0.05) is 18.9 Å². The van der Waals surface area contributed by atoms with Crippen LogP contribution >= 0.6 is 11.8 Å². The van der Waals surface area contributed by atoms with Gasteiger partial charge in [-0.05, 0) is 43.4 Å². The van der Waals surface area contributed by atoms with Gasteiger partial charge in [-0.2, -0.15) is 11.8 Å². The first-order chi connectivity index (χ1) is 9.60. The van der Waals surface area contributed by atoms with Crippen LogP contribution in [0.4, 0.5) is 0 Å². The van der Waals surface area contributed by atoms with E-state index < -0.39 is 10.0 Å². The van der Waals surface area contributed by atoms with Crippen molar-refractivity contribution in [1.29, 1.82) is 0 Å². The molecule has 7 heteroatoms. The number of hydrogen-bond acceptors (Lipinski definition) is 5. The Bertz CT molecular complexity index is 474. The van der Waals surface area contributed by atoms with Crippen molar-refractivity contribution in [3.8, 4) is 5.75 Å². The predicted octanol–water partition coefficient (Wildman–Crippen LogP) is 1.48. The fourth-order valence-corrected chi connectivity index (χ4v) is 3.43. The summed E-state index contributed by atoms with van der Waals surface area (Å²) >= 11 is 1.62. The van der Waals surface area contributed by atoms with Crippen molar-refractivity contribution in [1.82, 2.24) is 4.72 Å². The molecule has 5 nitrogen and oxygen atoms in total. The maximum Gasteiger partial charge on any atom is 0.240 e. The third kappa shape index (κ3) is 6.13. The second-order valence-electron chi connectivity index (χ2n) is 3.99. The Morgan fingerprint density at radius 1 is 1.25 bits per heavy atom. The van der Waals surface area contributed by atoms with Gasteiger partial charge in [-0.1, -0.05) is 0 Å². The average molecular weight is 319 g/mol. The number of aliphatic hydroxyl groups excluding tert-OH is 1. The van der Waals surface area contributed by atoms with E-state index >= 15 is 0 Å². The van der Waals surface area contributed by atoms with Crippen molar-refractivity contribution in [3.63, 3.8) is 0 Å². The lowest BCUT2D eigenvalue weighted by Crippen LogP contribution is -2.26. The van der Waals surface area contributed by atoms with Crippen LogP contribution in [0.15, 0.2) is 29.2 Å². The van der Waals surface area contributed by atoms with E-state index in [1.54, 1.807) is 23.9 Å². The first-order valence-corrected chi connectivity index (χ1v) is 9.15. The van der Waals surface area contributed by atoms with E-state index in [-0.39, 0.29) is 11.5 Å². The largest absolute Gasteiger partial charge is 0.494 e. The molecule has 0 heterocycles. The van der Waals surface area contributed by atoms with Crippen LogP contribution in [-0.4, -0.2) is 44.8 Å². The fourth-order valence-electron chi connectivity index (χ4n) is 1.48. The molecule has 0 saturated carbocycles. The van der Waals surface area contributed by atoms with E-state index in [0.717, 1.165) is 12.2 Å². The Hall–Kier alpha value is -0.760. The summed E-state index contributed by atoms with van der Waals surface area (Å²) in [5, 5.41) is 8.63. The Morgan fingerprint density at radius 3 is 2.55 bits per heavy atom. The zero-order valence-electron chi connectivity index (χ0n) is 11.5. The van der Waals surface area contributed by atoms with Gasteiger partial charge in [0.15, 0.2) is 0 Å². The minimum atomic E-state index is -3.45. The summed E-state index contributed by atoms with van der Waals surface area (Å²) in [6, 6.07) is 6.36. The van der Waals surface area contributed by atoms with Crippen molar-refractivity contribution in [2.75, 3.05) is 31.3 Å². The molecule has 1 aromatic carbocycles. The van der Waals surface area contributed by atoms with E-state index in [2.05, 4.69) is 4.72 Å². The zero-order valence-corrected chi connectivity index (χ0v) is 13.2. The lowest BCUT2D eigenvalue weighted by atomic mass is 10.3. The molecule has 0 fully saturated rings. The number of ether oxygens (including phenoxy) is 1. The third-order valence-corrected chi connectivity index (χ3v) is 4.98. The monoisotopic (exact) mass is 319 g/mol. The van der Waals surface area contributed by atoms with E-state index in [4.69, 9.17) is 9.84 Å². The van der Waals surface area contributed by atoms with Crippen LogP contribution in [-0.2, 0) is 10.0 Å². The highest BCUT2D eigenvalue weighted by Crippen LogP contribution is 2.15. The summed E-state index contributed by atoms with van der Waals surface area (Å²) < 4.78 is 31.8. The Morgan fingerprint density at radius 2 is 1.95 bits per heavy atom. The van der Waals surface area contributed by atoms with Gasteiger partial charge in [0.05, 0.1) is 11.5 Å². The van der Waals surface area contributed by atoms with E-state index in [1.807, 2.05) is 6.92 Å². The molecule has 0 aliphatic rings. The number of sulfonamides is 1. The maximum atomic E-state index is 12.0. The quantitative estimate of drug-likeness (QED) is 0.639. The van der Waals surface area contributed by atoms with E-state index in [1.165, 1.54) is 12.1 Å². The molecular formula is C13H21NO4S2. The summed E-state index contributed by atoms with van der Waals surface area (Å²) in [6.45, 7) is 2.98. The van der Waals surface area contributed by atoms with Crippen LogP contribution in [0.25, 0.3) is 0 Å². The minimum absolute atomic E-state index is 0.172. The highest BCUT2D eigenvalue weighted by molar-refractivity contribution is 7.99. The molecule has 0 atom stereocenters. The Labute approximate surface area is 124 Å². The van der Waals surface area contributed by atoms with Gasteiger partial charge in [0.2, 0.25) is 10.0 Å². The van der Waals surface area contributed by atoms with Crippen molar-refractivity contribution in [2.45, 2.75) is 18.2 Å². The third-order valence-electron chi connectivity index (χ3n) is 2.43. The number of benzene rings is 1. The van der Waals surface area contributed by atoms with Gasteiger partial charge in [0.1, 0.15) is 5.75 Å². The summed E-state index contributed by atoms with van der Waals surface area (Å²) in [4.78, 5) is 0.237. The molecule has 1 aromatic rings. The van der Waals surface area contributed by atoms with Gasteiger partial charge in [0.25, 0.3) is 0 Å². The molecular weight excluding hydrogens is 298 g/mol. The molecule has 0 radical (unpaired) electrons. The van der Waals surface area contributed by atoms with Crippen LogP contribution < -0.4 is 9.46 Å². The van der Waals surface area contributed by atoms with Crippen LogP contribution in [0.2, 0.25) is 0 Å². The van der Waals surface area contributed by atoms with Crippen molar-refractivity contribution < 1.29 is 18.3 Å². The molecule has 0 aromatic heterocycles. The topological polar surface area (TPSA) is 75.6 Å². The number of rotatable bonds is 10. The van der Waals surface area contributed by atoms with Crippen LogP contribution in [0.1, 0.15) is 13.3 Å². The molecule has 114 valence electrons. The Balaban J connectivity index is 2.43. The van der Waals surface area contributed by atoms with Crippen molar-refractivity contribution in [3.05, 3.63) is 24.3 Å². The van der Waals surface area contributed by atoms with Crippen LogP contribution in [0.3, 0.4) is 0 Å². The summed E-state index contributed by atoms with van der Waals surface area (Å²) in [7, 11) is -3.45. The van der Waals surface area contributed by atoms with Gasteiger partial charge in [-0.3, -0.25) is 0 Å². The highest BCUT2D eigenvalue weighted by atomic mass is 32.2. The summed E-state index contributed by atoms with van der Waals surface area (Å²) in [5.41, 5.74) is 0. The van der Waals surface area contributed by atoms with E-state index in [9.17, 15) is 8.42 Å². The first kappa shape index (κ1) is 17.3. The zero-order chi connectivity index (χ0) is 14.8. The first-order valence-electron chi connectivity index (χ1n) is 6.51. The molecule has 0 aliphatic carbocycles. The lowest BCUT2D eigenvalue weighted by molar-refractivity contribution is 0.296. The molecule has 1 rings (SSSR count). The minimum Gasteiger partial charge on any atom is -0.494 e. The predicted molar refractivity (Wildman–Crippen MR) is 81.8 cm³/mol. The summed E-state index contributed by atoms with van der Waals surface area (Å²) in [5.74, 6) is 2.18. The molecule has 0 aliphatic heterocycles. The normalized spacial score (nSPS) is 11.5. The summed E-state index contributed by atoms with van der Waals surface area (Å²) in [6.07, 6.45) is 0.732. The molecule has 2 N–H and O–H groups in total. The second kappa shape index (κ2) is 9.23.